The fraction of sp³-hybridized carbons (Fsp3) is 0.154. The zero-order valence-electron chi connectivity index (χ0n) is 10.9. The molecule has 3 N–H and O–H groups in total. The van der Waals surface area contributed by atoms with Gasteiger partial charge in [0.1, 0.15) is 17.3 Å². The number of ether oxygens (including phenoxy) is 1. The molecule has 0 aliphatic carbocycles. The summed E-state index contributed by atoms with van der Waals surface area (Å²) in [6, 6.07) is 9.21. The predicted molar refractivity (Wildman–Crippen MR) is 74.0 cm³/mol. The van der Waals surface area contributed by atoms with Crippen molar-refractivity contribution in [3.63, 3.8) is 0 Å². The third-order valence-electron chi connectivity index (χ3n) is 2.53. The number of nitrogens with two attached hydrogens (primary N) is 1. The smallest absolute Gasteiger partial charge is 0.433 e. The van der Waals surface area contributed by atoms with E-state index in [2.05, 4.69) is 5.32 Å². The highest BCUT2D eigenvalue weighted by Crippen LogP contribution is 2.15. The number of nitrogens with one attached hydrogen (secondary N) is 1. The van der Waals surface area contributed by atoms with Gasteiger partial charge >= 0.3 is 5.88 Å². The van der Waals surface area contributed by atoms with Crippen LogP contribution in [0, 0.1) is 10.1 Å². The zero-order valence-corrected chi connectivity index (χ0v) is 10.9. The summed E-state index contributed by atoms with van der Waals surface area (Å²) in [5, 5.41) is 13.0. The molecule has 1 amide bonds. The number of nitro groups is 1. The Kier molecular flexibility index (Phi) is 4.39. The second kappa shape index (κ2) is 6.42. The highest BCUT2D eigenvalue weighted by Gasteiger charge is 2.16. The van der Waals surface area contributed by atoms with E-state index in [1.807, 2.05) is 0 Å². The monoisotopic (exact) mass is 291 g/mol. The van der Waals surface area contributed by atoms with Gasteiger partial charge in [-0.3, -0.25) is 14.9 Å². The van der Waals surface area contributed by atoms with Crippen molar-refractivity contribution >= 4 is 17.5 Å². The van der Waals surface area contributed by atoms with Crippen LogP contribution in [0.5, 0.6) is 5.75 Å². The number of hydrogen-bond donors (Lipinski definition) is 2. The number of carbonyl (C=O) groups excluding carboxylic acids is 1. The lowest BCUT2D eigenvalue weighted by Crippen LogP contribution is -2.27. The van der Waals surface area contributed by atoms with Gasteiger partial charge in [0.25, 0.3) is 5.91 Å². The Morgan fingerprint density at radius 1 is 1.29 bits per heavy atom. The van der Waals surface area contributed by atoms with E-state index in [9.17, 15) is 14.9 Å². The van der Waals surface area contributed by atoms with Crippen LogP contribution in [-0.4, -0.2) is 24.0 Å². The van der Waals surface area contributed by atoms with Crippen molar-refractivity contribution in [2.45, 2.75) is 0 Å². The van der Waals surface area contributed by atoms with Crippen LogP contribution in [0.25, 0.3) is 0 Å². The fourth-order valence-corrected chi connectivity index (χ4v) is 1.53. The molecule has 0 saturated heterocycles. The Balaban J connectivity index is 1.76. The van der Waals surface area contributed by atoms with E-state index >= 15 is 0 Å². The van der Waals surface area contributed by atoms with Gasteiger partial charge in [-0.15, -0.1) is 0 Å². The summed E-state index contributed by atoms with van der Waals surface area (Å²) in [6.07, 6.45) is 0. The number of rotatable bonds is 6. The van der Waals surface area contributed by atoms with Crippen LogP contribution >= 0.6 is 0 Å². The van der Waals surface area contributed by atoms with E-state index in [-0.39, 0.29) is 18.9 Å². The molecule has 8 heteroatoms. The van der Waals surface area contributed by atoms with Crippen molar-refractivity contribution in [3.05, 3.63) is 52.3 Å². The average molecular weight is 291 g/mol. The van der Waals surface area contributed by atoms with Crippen LogP contribution in [0.3, 0.4) is 0 Å². The summed E-state index contributed by atoms with van der Waals surface area (Å²) in [7, 11) is 0. The van der Waals surface area contributed by atoms with Crippen molar-refractivity contribution in [2.24, 2.45) is 0 Å². The molecule has 0 aliphatic heterocycles. The normalized spacial score (nSPS) is 10.1. The van der Waals surface area contributed by atoms with E-state index in [1.54, 1.807) is 24.3 Å². The number of hydrogen-bond acceptors (Lipinski definition) is 6. The van der Waals surface area contributed by atoms with Gasteiger partial charge in [-0.05, 0) is 30.3 Å². The molecule has 0 bridgehead atoms. The van der Waals surface area contributed by atoms with Gasteiger partial charge < -0.3 is 20.2 Å². The average Bonchev–Trinajstić information content (AvgIpc) is 2.95. The summed E-state index contributed by atoms with van der Waals surface area (Å²) in [5.41, 5.74) is 6.17. The predicted octanol–water partition coefficient (Wildman–Crippen LogP) is 1.58. The standard InChI is InChI=1S/C13H13N3O5/c14-9-1-3-10(4-2-9)20-8-7-15-13(17)11-5-6-12(21-11)16(18)19/h1-6H,7-8,14H2,(H,15,17). The molecule has 0 saturated carbocycles. The summed E-state index contributed by atoms with van der Waals surface area (Å²) in [5.74, 6) is -0.497. The van der Waals surface area contributed by atoms with Gasteiger partial charge in [-0.1, -0.05) is 0 Å². The van der Waals surface area contributed by atoms with Gasteiger partial charge in [0, 0.05) is 5.69 Å². The summed E-state index contributed by atoms with van der Waals surface area (Å²) in [6.45, 7) is 0.482. The largest absolute Gasteiger partial charge is 0.492 e. The molecule has 8 nitrogen and oxygen atoms in total. The molecule has 0 fully saturated rings. The molecule has 0 spiro atoms. The van der Waals surface area contributed by atoms with Gasteiger partial charge in [0.2, 0.25) is 0 Å². The molecule has 2 rings (SSSR count). The fourth-order valence-electron chi connectivity index (χ4n) is 1.53. The van der Waals surface area contributed by atoms with Gasteiger partial charge in [0.05, 0.1) is 12.6 Å². The second-order valence-electron chi connectivity index (χ2n) is 4.07. The van der Waals surface area contributed by atoms with Crippen molar-refractivity contribution in [3.8, 4) is 5.75 Å². The summed E-state index contributed by atoms with van der Waals surface area (Å²) >= 11 is 0. The van der Waals surface area contributed by atoms with Gasteiger partial charge in [-0.25, -0.2) is 0 Å². The molecule has 0 unspecified atom stereocenters. The maximum Gasteiger partial charge on any atom is 0.433 e. The zero-order chi connectivity index (χ0) is 15.2. The van der Waals surface area contributed by atoms with Crippen LogP contribution in [-0.2, 0) is 0 Å². The molecule has 0 radical (unpaired) electrons. The lowest BCUT2D eigenvalue weighted by molar-refractivity contribution is -0.402. The minimum Gasteiger partial charge on any atom is -0.492 e. The van der Waals surface area contributed by atoms with Crippen molar-refractivity contribution in [1.29, 1.82) is 0 Å². The maximum absolute atomic E-state index is 11.6. The van der Waals surface area contributed by atoms with Crippen LogP contribution < -0.4 is 15.8 Å². The summed E-state index contributed by atoms with van der Waals surface area (Å²) < 4.78 is 10.2. The van der Waals surface area contributed by atoms with Crippen LogP contribution in [0.1, 0.15) is 10.6 Å². The van der Waals surface area contributed by atoms with Crippen LogP contribution in [0.4, 0.5) is 11.6 Å². The summed E-state index contributed by atoms with van der Waals surface area (Å²) in [4.78, 5) is 21.4. The number of nitrogen functional groups attached to an aromatic ring is 1. The van der Waals surface area contributed by atoms with Crippen LogP contribution in [0.15, 0.2) is 40.8 Å². The first-order chi connectivity index (χ1) is 10.1. The lowest BCUT2D eigenvalue weighted by atomic mass is 10.3. The third-order valence-corrected chi connectivity index (χ3v) is 2.53. The molecule has 110 valence electrons. The van der Waals surface area contributed by atoms with E-state index in [0.717, 1.165) is 6.07 Å². The molecule has 0 atom stereocenters. The topological polar surface area (TPSA) is 121 Å². The van der Waals surface area contributed by atoms with E-state index in [0.29, 0.717) is 11.4 Å². The molecule has 1 heterocycles. The highest BCUT2D eigenvalue weighted by atomic mass is 16.6. The Morgan fingerprint density at radius 3 is 2.62 bits per heavy atom. The number of furan rings is 1. The first-order valence-electron chi connectivity index (χ1n) is 6.07. The van der Waals surface area contributed by atoms with Crippen molar-refractivity contribution < 1.29 is 18.9 Å². The Hall–Kier alpha value is -3.03. The van der Waals surface area contributed by atoms with Crippen LogP contribution in [0.2, 0.25) is 0 Å². The van der Waals surface area contributed by atoms with Gasteiger partial charge in [-0.2, -0.15) is 0 Å². The van der Waals surface area contributed by atoms with E-state index < -0.39 is 16.7 Å². The molecular formula is C13H13N3O5. The number of benzene rings is 1. The van der Waals surface area contributed by atoms with Crippen molar-refractivity contribution in [2.75, 3.05) is 18.9 Å². The Labute approximate surface area is 119 Å². The van der Waals surface area contributed by atoms with Crippen molar-refractivity contribution in [1.82, 2.24) is 5.32 Å². The maximum atomic E-state index is 11.6. The van der Waals surface area contributed by atoms with Gasteiger partial charge in [0.15, 0.2) is 5.76 Å². The lowest BCUT2D eigenvalue weighted by Gasteiger charge is -2.06. The third kappa shape index (κ3) is 3.96. The molecule has 1 aromatic heterocycles. The minimum absolute atomic E-state index is 0.116. The molecule has 21 heavy (non-hydrogen) atoms. The number of amides is 1. The molecule has 2 aromatic rings. The minimum atomic E-state index is -0.707. The molecular weight excluding hydrogens is 278 g/mol. The number of anilines is 1. The SMILES string of the molecule is Nc1ccc(OCCNC(=O)c2ccc([N+](=O)[O-])o2)cc1. The molecule has 0 aliphatic rings. The van der Waals surface area contributed by atoms with E-state index in [4.69, 9.17) is 14.9 Å². The quantitative estimate of drug-likeness (QED) is 0.361. The highest BCUT2D eigenvalue weighted by molar-refractivity contribution is 5.91. The first kappa shape index (κ1) is 14.4. The number of carbonyl (C=O) groups is 1. The Morgan fingerprint density at radius 2 is 2.00 bits per heavy atom. The number of nitrogens with zero attached hydrogens (tertiary/aromatic N) is 1. The molecule has 1 aromatic carbocycles. The first-order valence-corrected chi connectivity index (χ1v) is 6.07. The van der Waals surface area contributed by atoms with E-state index in [1.165, 1.54) is 6.07 Å². The second-order valence-corrected chi connectivity index (χ2v) is 4.07. The Bertz CT molecular complexity index is 636.